The van der Waals surface area contributed by atoms with Gasteiger partial charge in [0.05, 0.1) is 5.69 Å². The third-order valence-electron chi connectivity index (χ3n) is 2.49. The van der Waals surface area contributed by atoms with E-state index in [1.807, 2.05) is 44.2 Å². The van der Waals surface area contributed by atoms with E-state index in [2.05, 4.69) is 21.5 Å². The van der Waals surface area contributed by atoms with Gasteiger partial charge in [-0.3, -0.25) is 4.99 Å². The first-order valence-electron chi connectivity index (χ1n) is 5.79. The van der Waals surface area contributed by atoms with Crippen molar-refractivity contribution in [2.75, 3.05) is 0 Å². The van der Waals surface area contributed by atoms with Gasteiger partial charge in [0.15, 0.2) is 5.65 Å². The van der Waals surface area contributed by atoms with Crippen LogP contribution in [0.2, 0.25) is 0 Å². The number of rotatable bonds is 3. The van der Waals surface area contributed by atoms with Crippen LogP contribution in [0.25, 0.3) is 16.6 Å². The molecule has 0 aliphatic rings. The first-order chi connectivity index (χ1) is 8.70. The Labute approximate surface area is 107 Å². The maximum Gasteiger partial charge on any atom is 0.160 e. The lowest BCUT2D eigenvalue weighted by atomic mass is 10.2. The highest BCUT2D eigenvalue weighted by atomic mass is 14.9. The van der Waals surface area contributed by atoms with Gasteiger partial charge in [-0.25, -0.2) is 9.97 Å². The molecule has 0 aliphatic carbocycles. The molecular formula is C15H15N3. The van der Waals surface area contributed by atoms with Gasteiger partial charge in [0.2, 0.25) is 0 Å². The quantitative estimate of drug-likeness (QED) is 0.765. The second-order valence-electron chi connectivity index (χ2n) is 3.98. The summed E-state index contributed by atoms with van der Waals surface area (Å²) in [6.07, 6.45) is 5.28. The zero-order chi connectivity index (χ0) is 13.0. The molecule has 0 spiro atoms. The van der Waals surface area contributed by atoms with Crippen molar-refractivity contribution in [1.29, 1.82) is 0 Å². The van der Waals surface area contributed by atoms with E-state index >= 15 is 0 Å². The Kier molecular flexibility index (Phi) is 3.63. The highest BCUT2D eigenvalue weighted by molar-refractivity contribution is 6.08. The molecule has 0 bridgehead atoms. The van der Waals surface area contributed by atoms with Crippen molar-refractivity contribution in [2.24, 2.45) is 4.99 Å². The summed E-state index contributed by atoms with van der Waals surface area (Å²) < 4.78 is 0. The molecule has 0 aromatic carbocycles. The standard InChI is InChI=1S/C15H15N3/c1-4-9-16-10-11(2)14-8-7-13-6-5-12(3)17-15(13)18-14/h4-10H,2H2,1,3H3/b9-4-,16-10?. The molecular weight excluding hydrogens is 222 g/mol. The molecule has 0 aliphatic heterocycles. The van der Waals surface area contributed by atoms with Gasteiger partial charge in [0.25, 0.3) is 0 Å². The fourth-order valence-electron chi connectivity index (χ4n) is 1.56. The second-order valence-corrected chi connectivity index (χ2v) is 3.98. The molecule has 0 saturated carbocycles. The van der Waals surface area contributed by atoms with E-state index in [0.29, 0.717) is 0 Å². The fourth-order valence-corrected chi connectivity index (χ4v) is 1.56. The number of pyridine rings is 2. The third-order valence-corrected chi connectivity index (χ3v) is 2.49. The molecule has 0 saturated heterocycles. The number of nitrogens with zero attached hydrogens (tertiary/aromatic N) is 3. The number of aliphatic imine (C=N–C) groups is 1. The van der Waals surface area contributed by atoms with Crippen LogP contribution in [0.1, 0.15) is 18.3 Å². The van der Waals surface area contributed by atoms with Crippen LogP contribution in [0.4, 0.5) is 0 Å². The van der Waals surface area contributed by atoms with Gasteiger partial charge < -0.3 is 0 Å². The van der Waals surface area contributed by atoms with Crippen molar-refractivity contribution in [3.05, 3.63) is 54.5 Å². The topological polar surface area (TPSA) is 38.1 Å². The SMILES string of the molecule is C=C(C=N/C=C\C)c1ccc2ccc(C)nc2n1. The number of hydrogen-bond donors (Lipinski definition) is 0. The van der Waals surface area contributed by atoms with E-state index in [1.54, 1.807) is 12.4 Å². The van der Waals surface area contributed by atoms with E-state index in [0.717, 1.165) is 28.0 Å². The molecule has 0 radical (unpaired) electrons. The predicted molar refractivity (Wildman–Crippen MR) is 76.6 cm³/mol. The molecule has 3 heteroatoms. The van der Waals surface area contributed by atoms with Crippen LogP contribution in [0, 0.1) is 6.92 Å². The minimum Gasteiger partial charge on any atom is -0.264 e. The number of fused-ring (bicyclic) bond motifs is 1. The van der Waals surface area contributed by atoms with Gasteiger partial charge in [-0.1, -0.05) is 12.7 Å². The first kappa shape index (κ1) is 12.2. The van der Waals surface area contributed by atoms with Gasteiger partial charge >= 0.3 is 0 Å². The molecule has 0 atom stereocenters. The Balaban J connectivity index is 2.37. The molecule has 0 N–H and O–H groups in total. The van der Waals surface area contributed by atoms with Crippen LogP contribution in [-0.4, -0.2) is 16.2 Å². The monoisotopic (exact) mass is 237 g/mol. The molecule has 2 aromatic heterocycles. The minimum atomic E-state index is 0.744. The van der Waals surface area contributed by atoms with Crippen molar-refractivity contribution < 1.29 is 0 Å². The van der Waals surface area contributed by atoms with Crippen molar-refractivity contribution in [3.8, 4) is 0 Å². The van der Waals surface area contributed by atoms with Crippen LogP contribution in [0.15, 0.2) is 48.1 Å². The summed E-state index contributed by atoms with van der Waals surface area (Å²) >= 11 is 0. The van der Waals surface area contributed by atoms with Crippen LogP contribution < -0.4 is 0 Å². The molecule has 3 nitrogen and oxygen atoms in total. The summed E-state index contributed by atoms with van der Waals surface area (Å²) in [6.45, 7) is 7.82. The molecule has 2 aromatic rings. The van der Waals surface area contributed by atoms with Crippen molar-refractivity contribution in [3.63, 3.8) is 0 Å². The summed E-state index contributed by atoms with van der Waals surface area (Å²) in [5.41, 5.74) is 3.28. The lowest BCUT2D eigenvalue weighted by Gasteiger charge is -2.02. The summed E-state index contributed by atoms with van der Waals surface area (Å²) in [6, 6.07) is 7.93. The Morgan fingerprint density at radius 3 is 2.78 bits per heavy atom. The zero-order valence-corrected chi connectivity index (χ0v) is 10.6. The third kappa shape index (κ3) is 2.69. The van der Waals surface area contributed by atoms with Crippen molar-refractivity contribution in [2.45, 2.75) is 13.8 Å². The molecule has 0 amide bonds. The van der Waals surface area contributed by atoms with Gasteiger partial charge in [0, 0.05) is 29.1 Å². The molecule has 0 unspecified atom stereocenters. The van der Waals surface area contributed by atoms with Crippen LogP contribution in [0.3, 0.4) is 0 Å². The molecule has 2 heterocycles. The lowest BCUT2D eigenvalue weighted by Crippen LogP contribution is -1.93. The highest BCUT2D eigenvalue weighted by Crippen LogP contribution is 2.14. The second kappa shape index (κ2) is 5.36. The average Bonchev–Trinajstić information content (AvgIpc) is 2.38. The largest absolute Gasteiger partial charge is 0.264 e. The van der Waals surface area contributed by atoms with E-state index in [1.165, 1.54) is 0 Å². The van der Waals surface area contributed by atoms with Crippen LogP contribution in [0.5, 0.6) is 0 Å². The van der Waals surface area contributed by atoms with Crippen LogP contribution in [-0.2, 0) is 0 Å². The smallest absolute Gasteiger partial charge is 0.160 e. The first-order valence-corrected chi connectivity index (χ1v) is 5.79. The zero-order valence-electron chi connectivity index (χ0n) is 10.6. The van der Waals surface area contributed by atoms with Gasteiger partial charge in [-0.05, 0) is 38.1 Å². The maximum absolute atomic E-state index is 4.49. The van der Waals surface area contributed by atoms with E-state index < -0.39 is 0 Å². The Morgan fingerprint density at radius 2 is 2.00 bits per heavy atom. The number of aryl methyl sites for hydroxylation is 1. The molecule has 18 heavy (non-hydrogen) atoms. The summed E-state index contributed by atoms with van der Waals surface area (Å²) in [4.78, 5) is 13.0. The fraction of sp³-hybridized carbons (Fsp3) is 0.133. The van der Waals surface area contributed by atoms with E-state index in [-0.39, 0.29) is 0 Å². The normalized spacial score (nSPS) is 11.7. The predicted octanol–water partition coefficient (Wildman–Crippen LogP) is 3.56. The Morgan fingerprint density at radius 1 is 1.22 bits per heavy atom. The summed E-state index contributed by atoms with van der Waals surface area (Å²) in [7, 11) is 0. The lowest BCUT2D eigenvalue weighted by molar-refractivity contribution is 1.19. The van der Waals surface area contributed by atoms with Gasteiger partial charge in [-0.2, -0.15) is 0 Å². The number of aromatic nitrogens is 2. The van der Waals surface area contributed by atoms with Crippen LogP contribution >= 0.6 is 0 Å². The minimum absolute atomic E-state index is 0.744. The average molecular weight is 237 g/mol. The van der Waals surface area contributed by atoms with Crippen molar-refractivity contribution in [1.82, 2.24) is 9.97 Å². The highest BCUT2D eigenvalue weighted by Gasteiger charge is 2.01. The maximum atomic E-state index is 4.49. The summed E-state index contributed by atoms with van der Waals surface area (Å²) in [5, 5.41) is 1.03. The molecule has 90 valence electrons. The van der Waals surface area contributed by atoms with E-state index in [4.69, 9.17) is 0 Å². The molecule has 0 fully saturated rings. The van der Waals surface area contributed by atoms with E-state index in [9.17, 15) is 0 Å². The number of hydrogen-bond acceptors (Lipinski definition) is 3. The Hall–Kier alpha value is -2.29. The number of allylic oxidation sites excluding steroid dienone is 2. The Bertz CT molecular complexity index is 639. The summed E-state index contributed by atoms with van der Waals surface area (Å²) in [5.74, 6) is 0. The van der Waals surface area contributed by atoms with Crippen molar-refractivity contribution >= 4 is 22.8 Å². The van der Waals surface area contributed by atoms with Gasteiger partial charge in [0.1, 0.15) is 0 Å². The van der Waals surface area contributed by atoms with Gasteiger partial charge in [-0.15, -0.1) is 0 Å². The molecule has 2 rings (SSSR count).